The zero-order valence-corrected chi connectivity index (χ0v) is 15.2. The highest BCUT2D eigenvalue weighted by Gasteiger charge is 2.17. The van der Waals surface area contributed by atoms with Gasteiger partial charge in [0.05, 0.1) is 5.02 Å². The Kier molecular flexibility index (Phi) is 8.83. The highest BCUT2D eigenvalue weighted by Crippen LogP contribution is 2.31. The molecule has 0 spiro atoms. The molecule has 20 heavy (non-hydrogen) atoms. The molecule has 1 N–H and O–H groups in total. The fourth-order valence-corrected chi connectivity index (χ4v) is 3.14. The van der Waals surface area contributed by atoms with E-state index in [1.165, 1.54) is 37.7 Å². The number of benzene rings is 1. The topological polar surface area (TPSA) is 12.0 Å². The zero-order chi connectivity index (χ0) is 15.0. The second-order valence-corrected chi connectivity index (χ2v) is 6.70. The van der Waals surface area contributed by atoms with Gasteiger partial charge in [-0.15, -0.1) is 0 Å². The van der Waals surface area contributed by atoms with Crippen molar-refractivity contribution in [1.82, 2.24) is 5.32 Å². The van der Waals surface area contributed by atoms with Gasteiger partial charge < -0.3 is 5.32 Å². The third-order valence-corrected chi connectivity index (χ3v) is 5.12. The quantitative estimate of drug-likeness (QED) is 0.540. The maximum absolute atomic E-state index is 6.10. The second-order valence-electron chi connectivity index (χ2n) is 5.44. The van der Waals surface area contributed by atoms with Gasteiger partial charge in [0.15, 0.2) is 0 Å². The van der Waals surface area contributed by atoms with Crippen LogP contribution >= 0.6 is 27.5 Å². The lowest BCUT2D eigenvalue weighted by atomic mass is 9.89. The molecule has 0 aromatic heterocycles. The van der Waals surface area contributed by atoms with Gasteiger partial charge in [-0.25, -0.2) is 0 Å². The SMILES string of the molecule is CCCCC(CC)CC(NCC)c1ccc(Cl)c(Br)c1. The van der Waals surface area contributed by atoms with Gasteiger partial charge >= 0.3 is 0 Å². The van der Waals surface area contributed by atoms with Crippen LogP contribution in [0.5, 0.6) is 0 Å². The molecule has 1 rings (SSSR count). The maximum atomic E-state index is 6.10. The third kappa shape index (κ3) is 5.75. The molecule has 0 radical (unpaired) electrons. The van der Waals surface area contributed by atoms with Crippen molar-refractivity contribution < 1.29 is 0 Å². The Balaban J connectivity index is 2.78. The van der Waals surface area contributed by atoms with E-state index in [1.807, 2.05) is 6.07 Å². The molecule has 0 saturated carbocycles. The first kappa shape index (κ1) is 18.0. The molecular formula is C17H27BrClN. The van der Waals surface area contributed by atoms with Gasteiger partial charge in [-0.1, -0.05) is 64.1 Å². The molecule has 0 saturated heterocycles. The molecule has 0 heterocycles. The van der Waals surface area contributed by atoms with E-state index < -0.39 is 0 Å². The van der Waals surface area contributed by atoms with Crippen LogP contribution in [-0.4, -0.2) is 6.54 Å². The summed E-state index contributed by atoms with van der Waals surface area (Å²) in [4.78, 5) is 0. The molecule has 114 valence electrons. The number of unbranched alkanes of at least 4 members (excludes halogenated alkanes) is 1. The minimum atomic E-state index is 0.426. The van der Waals surface area contributed by atoms with E-state index in [0.29, 0.717) is 6.04 Å². The van der Waals surface area contributed by atoms with Crippen molar-refractivity contribution in [1.29, 1.82) is 0 Å². The van der Waals surface area contributed by atoms with Gasteiger partial charge in [-0.05, 0) is 52.5 Å². The van der Waals surface area contributed by atoms with Crippen LogP contribution in [0.3, 0.4) is 0 Å². The molecule has 1 aromatic rings. The minimum Gasteiger partial charge on any atom is -0.310 e. The number of halogens is 2. The van der Waals surface area contributed by atoms with Crippen LogP contribution in [0.1, 0.15) is 64.5 Å². The largest absolute Gasteiger partial charge is 0.310 e. The van der Waals surface area contributed by atoms with Crippen LogP contribution in [0, 0.1) is 5.92 Å². The first-order chi connectivity index (χ1) is 9.62. The molecule has 0 bridgehead atoms. The lowest BCUT2D eigenvalue weighted by Gasteiger charge is -2.24. The van der Waals surface area contributed by atoms with Crippen molar-refractivity contribution in [3.8, 4) is 0 Å². The molecule has 3 heteroatoms. The van der Waals surface area contributed by atoms with E-state index in [1.54, 1.807) is 0 Å². The molecular weight excluding hydrogens is 334 g/mol. The van der Waals surface area contributed by atoms with Crippen LogP contribution in [-0.2, 0) is 0 Å². The number of hydrogen-bond donors (Lipinski definition) is 1. The van der Waals surface area contributed by atoms with Crippen molar-refractivity contribution in [2.24, 2.45) is 5.92 Å². The summed E-state index contributed by atoms with van der Waals surface area (Å²) in [5.74, 6) is 0.799. The van der Waals surface area contributed by atoms with E-state index >= 15 is 0 Å². The van der Waals surface area contributed by atoms with Crippen LogP contribution in [0.15, 0.2) is 22.7 Å². The second kappa shape index (κ2) is 9.81. The average Bonchev–Trinajstić information content (AvgIpc) is 2.45. The molecule has 0 amide bonds. The molecule has 0 aliphatic carbocycles. The Bertz CT molecular complexity index is 395. The van der Waals surface area contributed by atoms with Crippen LogP contribution in [0.2, 0.25) is 5.02 Å². The minimum absolute atomic E-state index is 0.426. The lowest BCUT2D eigenvalue weighted by Crippen LogP contribution is -2.23. The summed E-state index contributed by atoms with van der Waals surface area (Å²) in [6.07, 6.45) is 6.43. The summed E-state index contributed by atoms with van der Waals surface area (Å²) in [6.45, 7) is 7.74. The van der Waals surface area contributed by atoms with E-state index in [4.69, 9.17) is 11.6 Å². The summed E-state index contributed by atoms with van der Waals surface area (Å²) < 4.78 is 0.987. The molecule has 2 atom stereocenters. The Labute approximate surface area is 137 Å². The number of rotatable bonds is 9. The number of hydrogen-bond acceptors (Lipinski definition) is 1. The fourth-order valence-electron chi connectivity index (χ4n) is 2.63. The normalized spacial score (nSPS) is 14.2. The van der Waals surface area contributed by atoms with E-state index in [9.17, 15) is 0 Å². The Morgan fingerprint density at radius 3 is 2.55 bits per heavy atom. The van der Waals surface area contributed by atoms with E-state index in [2.05, 4.69) is 54.2 Å². The van der Waals surface area contributed by atoms with Gasteiger partial charge in [-0.3, -0.25) is 0 Å². The molecule has 1 nitrogen and oxygen atoms in total. The fraction of sp³-hybridized carbons (Fsp3) is 0.647. The number of nitrogens with one attached hydrogen (secondary N) is 1. The smallest absolute Gasteiger partial charge is 0.0548 e. The first-order valence-electron chi connectivity index (χ1n) is 7.80. The molecule has 1 aromatic carbocycles. The first-order valence-corrected chi connectivity index (χ1v) is 8.97. The average molecular weight is 361 g/mol. The van der Waals surface area contributed by atoms with Crippen molar-refractivity contribution in [3.05, 3.63) is 33.3 Å². The lowest BCUT2D eigenvalue weighted by molar-refractivity contribution is 0.357. The summed E-state index contributed by atoms with van der Waals surface area (Å²) in [7, 11) is 0. The van der Waals surface area contributed by atoms with E-state index in [-0.39, 0.29) is 0 Å². The van der Waals surface area contributed by atoms with Gasteiger partial charge in [0.1, 0.15) is 0 Å². The molecule has 0 aliphatic rings. The highest BCUT2D eigenvalue weighted by molar-refractivity contribution is 9.10. The predicted octanol–water partition coefficient (Wildman–Crippen LogP) is 6.36. The molecule has 0 fully saturated rings. The molecule has 2 unspecified atom stereocenters. The molecule has 0 aliphatic heterocycles. The Morgan fingerprint density at radius 1 is 1.25 bits per heavy atom. The van der Waals surface area contributed by atoms with Gasteiger partial charge in [0.2, 0.25) is 0 Å². The third-order valence-electron chi connectivity index (χ3n) is 3.91. The zero-order valence-electron chi connectivity index (χ0n) is 12.9. The van der Waals surface area contributed by atoms with Crippen LogP contribution in [0.4, 0.5) is 0 Å². The Hall–Kier alpha value is -0.0500. The summed E-state index contributed by atoms with van der Waals surface area (Å²) in [5, 5.41) is 4.40. The standard InChI is InChI=1S/C17H27BrClN/c1-4-7-8-13(5-2)11-17(20-6-3)14-9-10-16(19)15(18)12-14/h9-10,12-13,17,20H,4-8,11H2,1-3H3. The summed E-state index contributed by atoms with van der Waals surface area (Å²) >= 11 is 9.63. The summed E-state index contributed by atoms with van der Waals surface area (Å²) in [6, 6.07) is 6.71. The highest BCUT2D eigenvalue weighted by atomic mass is 79.9. The predicted molar refractivity (Wildman–Crippen MR) is 93.5 cm³/mol. The van der Waals surface area contributed by atoms with Crippen molar-refractivity contribution in [3.63, 3.8) is 0 Å². The monoisotopic (exact) mass is 359 g/mol. The Morgan fingerprint density at radius 2 is 2.00 bits per heavy atom. The van der Waals surface area contributed by atoms with Crippen molar-refractivity contribution in [2.75, 3.05) is 6.54 Å². The van der Waals surface area contributed by atoms with Crippen molar-refractivity contribution >= 4 is 27.5 Å². The summed E-state index contributed by atoms with van der Waals surface area (Å²) in [5.41, 5.74) is 1.33. The van der Waals surface area contributed by atoms with Gasteiger partial charge in [0.25, 0.3) is 0 Å². The van der Waals surface area contributed by atoms with Gasteiger partial charge in [0, 0.05) is 10.5 Å². The maximum Gasteiger partial charge on any atom is 0.0548 e. The van der Waals surface area contributed by atoms with Crippen LogP contribution in [0.25, 0.3) is 0 Å². The van der Waals surface area contributed by atoms with E-state index in [0.717, 1.165) is 22.0 Å². The van der Waals surface area contributed by atoms with Crippen LogP contribution < -0.4 is 5.32 Å². The van der Waals surface area contributed by atoms with Crippen molar-refractivity contribution in [2.45, 2.75) is 58.9 Å². The van der Waals surface area contributed by atoms with Gasteiger partial charge in [-0.2, -0.15) is 0 Å².